The molecule has 0 fully saturated rings. The minimum atomic E-state index is -0.371. The molecule has 0 atom stereocenters. The van der Waals surface area contributed by atoms with Gasteiger partial charge >= 0.3 is 5.97 Å². The molecule has 2 aromatic carbocycles. The lowest BCUT2D eigenvalue weighted by Gasteiger charge is -2.04. The van der Waals surface area contributed by atoms with Crippen LogP contribution in [0.1, 0.15) is 10.4 Å². The Kier molecular flexibility index (Phi) is 3.35. The van der Waals surface area contributed by atoms with Crippen LogP contribution in [0, 0.1) is 0 Å². The van der Waals surface area contributed by atoms with Gasteiger partial charge in [-0.3, -0.25) is 0 Å². The highest BCUT2D eigenvalue weighted by molar-refractivity contribution is 5.94. The summed E-state index contributed by atoms with van der Waals surface area (Å²) in [6.45, 7) is 0. The van der Waals surface area contributed by atoms with Crippen LogP contribution in [0.2, 0.25) is 0 Å². The molecule has 0 saturated heterocycles. The largest absolute Gasteiger partial charge is 0.465 e. The Morgan fingerprint density at radius 3 is 2.58 bits per heavy atom. The number of nitrogens with zero attached hydrogens (tertiary/aromatic N) is 2. The van der Waals surface area contributed by atoms with E-state index in [-0.39, 0.29) is 5.97 Å². The number of hydrogen-bond donors (Lipinski definition) is 2. The molecule has 0 aliphatic heterocycles. The Labute approximate surface area is 137 Å². The van der Waals surface area contributed by atoms with Crippen molar-refractivity contribution in [3.63, 3.8) is 0 Å². The maximum Gasteiger partial charge on any atom is 0.337 e. The van der Waals surface area contributed by atoms with E-state index in [2.05, 4.69) is 19.9 Å². The molecule has 2 N–H and O–H groups in total. The van der Waals surface area contributed by atoms with Crippen molar-refractivity contribution >= 4 is 17.0 Å². The molecule has 2 heterocycles. The van der Waals surface area contributed by atoms with Gasteiger partial charge in [-0.05, 0) is 18.2 Å². The van der Waals surface area contributed by atoms with Crippen molar-refractivity contribution in [3.8, 4) is 22.8 Å². The predicted molar refractivity (Wildman–Crippen MR) is 90.5 cm³/mol. The van der Waals surface area contributed by atoms with E-state index in [0.717, 1.165) is 33.8 Å². The molecule has 24 heavy (non-hydrogen) atoms. The van der Waals surface area contributed by atoms with Crippen LogP contribution in [-0.4, -0.2) is 33.0 Å². The molecule has 0 saturated carbocycles. The first-order valence-corrected chi connectivity index (χ1v) is 7.43. The van der Waals surface area contributed by atoms with E-state index in [0.29, 0.717) is 5.56 Å². The first-order valence-electron chi connectivity index (χ1n) is 7.43. The number of esters is 1. The number of aromatic amines is 2. The van der Waals surface area contributed by atoms with Crippen molar-refractivity contribution in [2.75, 3.05) is 7.11 Å². The summed E-state index contributed by atoms with van der Waals surface area (Å²) >= 11 is 0. The Morgan fingerprint density at radius 2 is 1.88 bits per heavy atom. The van der Waals surface area contributed by atoms with Gasteiger partial charge in [0.25, 0.3) is 0 Å². The lowest BCUT2D eigenvalue weighted by molar-refractivity contribution is 0.0601. The van der Waals surface area contributed by atoms with Gasteiger partial charge in [0.15, 0.2) is 0 Å². The van der Waals surface area contributed by atoms with Crippen molar-refractivity contribution in [2.45, 2.75) is 0 Å². The summed E-state index contributed by atoms with van der Waals surface area (Å²) in [5.74, 6) is 1.13. The van der Waals surface area contributed by atoms with Crippen molar-refractivity contribution in [1.82, 2.24) is 19.9 Å². The van der Waals surface area contributed by atoms with Gasteiger partial charge in [0.1, 0.15) is 11.6 Å². The van der Waals surface area contributed by atoms with E-state index in [1.807, 2.05) is 24.3 Å². The smallest absolute Gasteiger partial charge is 0.337 e. The fourth-order valence-electron chi connectivity index (χ4n) is 2.69. The average Bonchev–Trinajstić information content (AvgIpc) is 3.29. The Hall–Kier alpha value is -3.41. The zero-order valence-corrected chi connectivity index (χ0v) is 12.9. The van der Waals surface area contributed by atoms with Crippen LogP contribution in [0.25, 0.3) is 33.8 Å². The zero-order valence-electron chi connectivity index (χ0n) is 12.9. The van der Waals surface area contributed by atoms with E-state index in [1.54, 1.807) is 30.6 Å². The Morgan fingerprint density at radius 1 is 1.08 bits per heavy atom. The predicted octanol–water partition coefficient (Wildman–Crippen LogP) is 3.41. The minimum absolute atomic E-state index is 0.371. The SMILES string of the molecule is COC(=O)c1ccc2nc(-c3ccccc3-c3ncc[nH]3)[nH]c2c1. The number of carbonyl (C=O) groups is 1. The number of imidazole rings is 2. The summed E-state index contributed by atoms with van der Waals surface area (Å²) in [5, 5.41) is 0. The second-order valence-corrected chi connectivity index (χ2v) is 5.29. The second-order valence-electron chi connectivity index (χ2n) is 5.29. The molecule has 118 valence electrons. The first-order chi connectivity index (χ1) is 11.8. The molecule has 2 aromatic heterocycles. The molecule has 0 aliphatic rings. The third kappa shape index (κ3) is 2.34. The minimum Gasteiger partial charge on any atom is -0.465 e. The molecule has 4 rings (SSSR count). The highest BCUT2D eigenvalue weighted by Gasteiger charge is 2.14. The standard InChI is InChI=1S/C18H14N4O2/c1-24-18(23)11-6-7-14-15(10-11)22-17(21-14)13-5-3-2-4-12(13)16-19-8-9-20-16/h2-10H,1H3,(H,19,20)(H,21,22). The number of ether oxygens (including phenoxy) is 1. The van der Waals surface area contributed by atoms with Crippen LogP contribution in [-0.2, 0) is 4.74 Å². The summed E-state index contributed by atoms with van der Waals surface area (Å²) in [7, 11) is 1.37. The van der Waals surface area contributed by atoms with Crippen LogP contribution in [0.5, 0.6) is 0 Å². The number of benzene rings is 2. The van der Waals surface area contributed by atoms with Gasteiger partial charge in [0.2, 0.25) is 0 Å². The monoisotopic (exact) mass is 318 g/mol. The molecule has 6 nitrogen and oxygen atoms in total. The van der Waals surface area contributed by atoms with Crippen LogP contribution in [0.3, 0.4) is 0 Å². The van der Waals surface area contributed by atoms with Crippen molar-refractivity contribution in [1.29, 1.82) is 0 Å². The van der Waals surface area contributed by atoms with Gasteiger partial charge in [-0.25, -0.2) is 14.8 Å². The van der Waals surface area contributed by atoms with Gasteiger partial charge in [-0.2, -0.15) is 0 Å². The van der Waals surface area contributed by atoms with Gasteiger partial charge in [0.05, 0.1) is 23.7 Å². The topological polar surface area (TPSA) is 83.7 Å². The summed E-state index contributed by atoms with van der Waals surface area (Å²) in [6.07, 6.45) is 3.50. The fraction of sp³-hybridized carbons (Fsp3) is 0.0556. The second kappa shape index (κ2) is 5.66. The molecule has 0 spiro atoms. The van der Waals surface area contributed by atoms with Crippen molar-refractivity contribution in [3.05, 3.63) is 60.4 Å². The summed E-state index contributed by atoms with van der Waals surface area (Å²) in [4.78, 5) is 27.0. The van der Waals surface area contributed by atoms with E-state index < -0.39 is 0 Å². The molecular formula is C18H14N4O2. The Balaban J connectivity index is 1.85. The van der Waals surface area contributed by atoms with Gasteiger partial charge in [-0.1, -0.05) is 24.3 Å². The maximum absolute atomic E-state index is 11.7. The van der Waals surface area contributed by atoms with Gasteiger partial charge in [-0.15, -0.1) is 0 Å². The normalized spacial score (nSPS) is 10.9. The van der Waals surface area contributed by atoms with E-state index >= 15 is 0 Å². The Bertz CT molecular complexity index is 1020. The van der Waals surface area contributed by atoms with Gasteiger partial charge in [0, 0.05) is 23.5 Å². The summed E-state index contributed by atoms with van der Waals surface area (Å²) in [6, 6.07) is 13.1. The maximum atomic E-state index is 11.7. The third-order valence-corrected chi connectivity index (χ3v) is 3.84. The van der Waals surface area contributed by atoms with Crippen LogP contribution >= 0.6 is 0 Å². The van der Waals surface area contributed by atoms with E-state index in [4.69, 9.17) is 4.74 Å². The molecular weight excluding hydrogens is 304 g/mol. The number of methoxy groups -OCH3 is 1. The average molecular weight is 318 g/mol. The fourth-order valence-corrected chi connectivity index (χ4v) is 2.69. The number of fused-ring (bicyclic) bond motifs is 1. The third-order valence-electron chi connectivity index (χ3n) is 3.84. The molecule has 0 radical (unpaired) electrons. The van der Waals surface area contributed by atoms with Crippen molar-refractivity contribution < 1.29 is 9.53 Å². The molecule has 0 unspecified atom stereocenters. The summed E-state index contributed by atoms with van der Waals surface area (Å²) < 4.78 is 4.76. The highest BCUT2D eigenvalue weighted by Crippen LogP contribution is 2.29. The lowest BCUT2D eigenvalue weighted by Crippen LogP contribution is -2.00. The molecule has 0 bridgehead atoms. The van der Waals surface area contributed by atoms with E-state index in [1.165, 1.54) is 7.11 Å². The molecule has 0 amide bonds. The first kappa shape index (κ1) is 14.2. The number of aromatic nitrogens is 4. The zero-order chi connectivity index (χ0) is 16.5. The molecule has 4 aromatic rings. The van der Waals surface area contributed by atoms with Crippen LogP contribution in [0.4, 0.5) is 0 Å². The number of nitrogens with one attached hydrogen (secondary N) is 2. The van der Waals surface area contributed by atoms with Crippen LogP contribution < -0.4 is 0 Å². The van der Waals surface area contributed by atoms with Gasteiger partial charge < -0.3 is 14.7 Å². The quantitative estimate of drug-likeness (QED) is 0.567. The highest BCUT2D eigenvalue weighted by atomic mass is 16.5. The summed E-state index contributed by atoms with van der Waals surface area (Å²) in [5.41, 5.74) is 3.94. The number of rotatable bonds is 3. The lowest BCUT2D eigenvalue weighted by atomic mass is 10.1. The number of carbonyl (C=O) groups excluding carboxylic acids is 1. The molecule has 0 aliphatic carbocycles. The number of hydrogen-bond acceptors (Lipinski definition) is 4. The van der Waals surface area contributed by atoms with Crippen LogP contribution in [0.15, 0.2) is 54.9 Å². The van der Waals surface area contributed by atoms with Crippen molar-refractivity contribution in [2.24, 2.45) is 0 Å². The van der Waals surface area contributed by atoms with E-state index in [9.17, 15) is 4.79 Å². The number of H-pyrrole nitrogens is 2. The molecule has 6 heteroatoms.